The van der Waals surface area contributed by atoms with Gasteiger partial charge in [0.1, 0.15) is 0 Å². The van der Waals surface area contributed by atoms with Crippen LogP contribution in [0.25, 0.3) is 0 Å². The van der Waals surface area contributed by atoms with E-state index in [1.54, 1.807) is 12.1 Å². The van der Waals surface area contributed by atoms with Gasteiger partial charge in [-0.3, -0.25) is 4.79 Å². The second-order valence-electron chi connectivity index (χ2n) is 6.35. The van der Waals surface area contributed by atoms with Crippen LogP contribution in [0.2, 0.25) is 0 Å². The summed E-state index contributed by atoms with van der Waals surface area (Å²) in [7, 11) is 0. The smallest absolute Gasteiger partial charge is 0.326 e. The van der Waals surface area contributed by atoms with Crippen LogP contribution in [0.1, 0.15) is 24.8 Å². The fourth-order valence-corrected chi connectivity index (χ4v) is 3.42. The molecule has 1 atom stereocenters. The first-order valence-corrected chi connectivity index (χ1v) is 7.55. The van der Waals surface area contributed by atoms with E-state index in [1.807, 2.05) is 0 Å². The minimum absolute atomic E-state index is 0.000808. The molecule has 2 fully saturated rings. The second-order valence-corrected chi connectivity index (χ2v) is 6.35. The van der Waals surface area contributed by atoms with Gasteiger partial charge >= 0.3 is 6.18 Å². The third-order valence-corrected chi connectivity index (χ3v) is 4.70. The molecule has 1 unspecified atom stereocenters. The average molecular weight is 312 g/mol. The van der Waals surface area contributed by atoms with Crippen molar-refractivity contribution in [2.24, 2.45) is 11.3 Å². The molecule has 2 aliphatic rings. The first-order valence-electron chi connectivity index (χ1n) is 7.55. The Kier molecular flexibility index (Phi) is 3.89. The Bertz CT molecular complexity index is 565. The molecule has 3 nitrogen and oxygen atoms in total. The molecule has 120 valence electrons. The standard InChI is InChI=1S/C16H19F3N2O/c17-16(18,19)9-11-2-1-3-12(8-11)21-14(22)13-10-15(13)4-6-20-7-5-15/h1-3,8,13,20H,4-7,9-10H2,(H,21,22). The Morgan fingerprint density at radius 2 is 2.05 bits per heavy atom. The van der Waals surface area contributed by atoms with Crippen molar-refractivity contribution in [2.45, 2.75) is 31.9 Å². The summed E-state index contributed by atoms with van der Waals surface area (Å²) in [5, 5.41) is 6.06. The van der Waals surface area contributed by atoms with Crippen LogP contribution >= 0.6 is 0 Å². The molecule has 0 aromatic heterocycles. The van der Waals surface area contributed by atoms with Crippen molar-refractivity contribution < 1.29 is 18.0 Å². The van der Waals surface area contributed by atoms with E-state index < -0.39 is 12.6 Å². The van der Waals surface area contributed by atoms with E-state index in [0.29, 0.717) is 5.69 Å². The highest BCUT2D eigenvalue weighted by molar-refractivity contribution is 5.95. The highest BCUT2D eigenvalue weighted by Gasteiger charge is 2.57. The number of benzene rings is 1. The fourth-order valence-electron chi connectivity index (χ4n) is 3.42. The van der Waals surface area contributed by atoms with Crippen LogP contribution in [0.5, 0.6) is 0 Å². The molecule has 1 saturated carbocycles. The normalized spacial score (nSPS) is 23.3. The van der Waals surface area contributed by atoms with Gasteiger partial charge in [-0.05, 0) is 55.5 Å². The van der Waals surface area contributed by atoms with Crippen LogP contribution in [0.15, 0.2) is 24.3 Å². The van der Waals surface area contributed by atoms with E-state index in [9.17, 15) is 18.0 Å². The number of hydrogen-bond donors (Lipinski definition) is 2. The van der Waals surface area contributed by atoms with Crippen LogP contribution in [0.3, 0.4) is 0 Å². The minimum Gasteiger partial charge on any atom is -0.326 e. The van der Waals surface area contributed by atoms with Gasteiger partial charge in [0.05, 0.1) is 6.42 Å². The first-order chi connectivity index (χ1) is 10.4. The summed E-state index contributed by atoms with van der Waals surface area (Å²) in [5.74, 6) is -0.0630. The Labute approximate surface area is 127 Å². The maximum absolute atomic E-state index is 12.4. The largest absolute Gasteiger partial charge is 0.393 e. The summed E-state index contributed by atoms with van der Waals surface area (Å²) in [6.45, 7) is 1.87. The van der Waals surface area contributed by atoms with Gasteiger partial charge in [0.15, 0.2) is 0 Å². The highest BCUT2D eigenvalue weighted by atomic mass is 19.4. The van der Waals surface area contributed by atoms with E-state index >= 15 is 0 Å². The zero-order valence-electron chi connectivity index (χ0n) is 12.2. The molecule has 1 spiro atoms. The van der Waals surface area contributed by atoms with E-state index in [-0.39, 0.29) is 22.8 Å². The van der Waals surface area contributed by atoms with Gasteiger partial charge < -0.3 is 10.6 Å². The van der Waals surface area contributed by atoms with Crippen LogP contribution in [-0.2, 0) is 11.2 Å². The van der Waals surface area contributed by atoms with Gasteiger partial charge in [-0.25, -0.2) is 0 Å². The number of piperidine rings is 1. The van der Waals surface area contributed by atoms with E-state index in [1.165, 1.54) is 12.1 Å². The molecule has 3 rings (SSSR count). The number of halogens is 3. The number of amides is 1. The van der Waals surface area contributed by atoms with Crippen molar-refractivity contribution in [1.29, 1.82) is 0 Å². The van der Waals surface area contributed by atoms with Crippen molar-refractivity contribution in [1.82, 2.24) is 5.32 Å². The van der Waals surface area contributed by atoms with Crippen molar-refractivity contribution >= 4 is 11.6 Å². The second kappa shape index (κ2) is 5.57. The third-order valence-electron chi connectivity index (χ3n) is 4.70. The number of hydrogen-bond acceptors (Lipinski definition) is 2. The monoisotopic (exact) mass is 312 g/mol. The predicted molar refractivity (Wildman–Crippen MR) is 77.5 cm³/mol. The molecule has 22 heavy (non-hydrogen) atoms. The Balaban J connectivity index is 1.61. The lowest BCUT2D eigenvalue weighted by Crippen LogP contribution is -2.31. The quantitative estimate of drug-likeness (QED) is 0.900. The summed E-state index contributed by atoms with van der Waals surface area (Å²) in [6, 6.07) is 6.01. The van der Waals surface area contributed by atoms with Crippen LogP contribution in [-0.4, -0.2) is 25.2 Å². The van der Waals surface area contributed by atoms with E-state index in [2.05, 4.69) is 10.6 Å². The van der Waals surface area contributed by atoms with E-state index in [0.717, 1.165) is 32.4 Å². The molecule has 0 radical (unpaired) electrons. The fraction of sp³-hybridized carbons (Fsp3) is 0.562. The number of carbonyl (C=O) groups excluding carboxylic acids is 1. The van der Waals surface area contributed by atoms with Crippen LogP contribution in [0, 0.1) is 11.3 Å². The number of nitrogens with one attached hydrogen (secondary N) is 2. The maximum atomic E-state index is 12.4. The molecule has 0 bridgehead atoms. The first kappa shape index (κ1) is 15.3. The number of anilines is 1. The number of rotatable bonds is 3. The maximum Gasteiger partial charge on any atom is 0.393 e. The molecule has 1 aromatic rings. The summed E-state index contributed by atoms with van der Waals surface area (Å²) < 4.78 is 37.3. The lowest BCUT2D eigenvalue weighted by Gasteiger charge is -2.23. The van der Waals surface area contributed by atoms with Gasteiger partial charge in [-0.15, -0.1) is 0 Å². The van der Waals surface area contributed by atoms with Crippen molar-refractivity contribution in [3.63, 3.8) is 0 Å². The highest BCUT2D eigenvalue weighted by Crippen LogP contribution is 2.58. The van der Waals surface area contributed by atoms with Gasteiger partial charge in [0, 0.05) is 11.6 Å². The molecule has 1 saturated heterocycles. The number of alkyl halides is 3. The lowest BCUT2D eigenvalue weighted by atomic mass is 9.92. The van der Waals surface area contributed by atoms with Gasteiger partial charge in [0.25, 0.3) is 0 Å². The van der Waals surface area contributed by atoms with Gasteiger partial charge in [0.2, 0.25) is 5.91 Å². The Morgan fingerprint density at radius 3 is 2.73 bits per heavy atom. The summed E-state index contributed by atoms with van der Waals surface area (Å²) in [4.78, 5) is 12.3. The lowest BCUT2D eigenvalue weighted by molar-refractivity contribution is -0.127. The summed E-state index contributed by atoms with van der Waals surface area (Å²) in [6.07, 6.45) is -2.32. The number of carbonyl (C=O) groups is 1. The molecule has 6 heteroatoms. The SMILES string of the molecule is O=C(Nc1cccc(CC(F)(F)F)c1)C1CC12CCNCC2. The summed E-state index contributed by atoms with van der Waals surface area (Å²) >= 11 is 0. The van der Waals surface area contributed by atoms with Crippen LogP contribution < -0.4 is 10.6 Å². The van der Waals surface area contributed by atoms with Crippen molar-refractivity contribution in [3.8, 4) is 0 Å². The average Bonchev–Trinajstić information content (AvgIpc) is 3.11. The molecule has 2 N–H and O–H groups in total. The zero-order chi connectivity index (χ0) is 15.8. The van der Waals surface area contributed by atoms with Gasteiger partial charge in [-0.2, -0.15) is 13.2 Å². The summed E-state index contributed by atoms with van der Waals surface area (Å²) in [5.41, 5.74) is 0.735. The van der Waals surface area contributed by atoms with E-state index in [4.69, 9.17) is 0 Å². The Morgan fingerprint density at radius 1 is 1.32 bits per heavy atom. The topological polar surface area (TPSA) is 41.1 Å². The molecular formula is C16H19F3N2O. The molecular weight excluding hydrogens is 293 g/mol. The zero-order valence-corrected chi connectivity index (χ0v) is 12.2. The van der Waals surface area contributed by atoms with Crippen molar-refractivity contribution in [2.75, 3.05) is 18.4 Å². The molecule has 1 heterocycles. The minimum atomic E-state index is -4.24. The molecule has 1 aromatic carbocycles. The molecule has 1 aliphatic heterocycles. The molecule has 1 amide bonds. The predicted octanol–water partition coefficient (Wildman–Crippen LogP) is 3.12. The third kappa shape index (κ3) is 3.43. The Hall–Kier alpha value is -1.56. The van der Waals surface area contributed by atoms with Crippen molar-refractivity contribution in [3.05, 3.63) is 29.8 Å². The molecule has 1 aliphatic carbocycles. The van der Waals surface area contributed by atoms with Gasteiger partial charge in [-0.1, -0.05) is 12.1 Å². The van der Waals surface area contributed by atoms with Crippen LogP contribution in [0.4, 0.5) is 18.9 Å².